The molecule has 8 heteroatoms. The summed E-state index contributed by atoms with van der Waals surface area (Å²) in [4.78, 5) is 14.2. The minimum Gasteiger partial charge on any atom is -0.492 e. The Morgan fingerprint density at radius 3 is 2.40 bits per heavy atom. The van der Waals surface area contributed by atoms with Crippen LogP contribution in [0.3, 0.4) is 0 Å². The monoisotopic (exact) mass is 392 g/mol. The van der Waals surface area contributed by atoms with Gasteiger partial charge in [-0.3, -0.25) is 4.79 Å². The van der Waals surface area contributed by atoms with Crippen LogP contribution in [0.5, 0.6) is 11.5 Å². The number of alkyl halides is 1. The lowest BCUT2D eigenvalue weighted by Gasteiger charge is -2.31. The minimum atomic E-state index is -0.631. The first-order chi connectivity index (χ1) is 11.6. The van der Waals surface area contributed by atoms with Gasteiger partial charge in [-0.2, -0.15) is 0 Å². The summed E-state index contributed by atoms with van der Waals surface area (Å²) in [5.41, 5.74) is 1.51. The molecule has 1 heterocycles. The number of rotatable bonds is 7. The SMILES string of the molecule is CCOc1cc(N2CCOCC2)c(OCC)cc1NC(=O)C(C)Cl.Cl. The van der Waals surface area contributed by atoms with Crippen LogP contribution < -0.4 is 19.7 Å². The van der Waals surface area contributed by atoms with Crippen molar-refractivity contribution in [1.82, 2.24) is 0 Å². The number of hydrogen-bond acceptors (Lipinski definition) is 5. The second-order valence-electron chi connectivity index (χ2n) is 5.39. The number of hydrogen-bond donors (Lipinski definition) is 1. The van der Waals surface area contributed by atoms with E-state index in [4.69, 9.17) is 25.8 Å². The Balaban J connectivity index is 0.00000312. The van der Waals surface area contributed by atoms with Crippen LogP contribution in [-0.2, 0) is 9.53 Å². The van der Waals surface area contributed by atoms with Crippen molar-refractivity contribution in [3.63, 3.8) is 0 Å². The second-order valence-corrected chi connectivity index (χ2v) is 6.04. The molecule has 1 amide bonds. The molecule has 0 aromatic heterocycles. The van der Waals surface area contributed by atoms with Crippen molar-refractivity contribution in [2.45, 2.75) is 26.1 Å². The first kappa shape index (κ1) is 21.7. The summed E-state index contributed by atoms with van der Waals surface area (Å²) in [6.07, 6.45) is 0. The number of anilines is 2. The zero-order valence-electron chi connectivity index (χ0n) is 14.8. The lowest BCUT2D eigenvalue weighted by molar-refractivity contribution is -0.115. The molecule has 6 nitrogen and oxygen atoms in total. The van der Waals surface area contributed by atoms with E-state index in [0.29, 0.717) is 43.6 Å². The Labute approximate surface area is 160 Å². The smallest absolute Gasteiger partial charge is 0.242 e. The van der Waals surface area contributed by atoms with Gasteiger partial charge in [-0.1, -0.05) is 0 Å². The maximum absolute atomic E-state index is 12.0. The summed E-state index contributed by atoms with van der Waals surface area (Å²) in [6.45, 7) is 9.42. The van der Waals surface area contributed by atoms with E-state index in [1.807, 2.05) is 19.9 Å². The largest absolute Gasteiger partial charge is 0.492 e. The molecular formula is C17H26Cl2N2O4. The third-order valence-corrected chi connectivity index (χ3v) is 3.83. The van der Waals surface area contributed by atoms with Crippen molar-refractivity contribution in [2.24, 2.45) is 0 Å². The molecule has 2 rings (SSSR count). The molecule has 1 fully saturated rings. The van der Waals surface area contributed by atoms with E-state index >= 15 is 0 Å². The van der Waals surface area contributed by atoms with E-state index in [2.05, 4.69) is 10.2 Å². The van der Waals surface area contributed by atoms with E-state index in [1.165, 1.54) is 0 Å². The molecule has 1 unspecified atom stereocenters. The number of nitrogens with zero attached hydrogens (tertiary/aromatic N) is 1. The van der Waals surface area contributed by atoms with E-state index in [9.17, 15) is 4.79 Å². The molecule has 25 heavy (non-hydrogen) atoms. The summed E-state index contributed by atoms with van der Waals surface area (Å²) in [5, 5.41) is 2.17. The number of nitrogens with one attached hydrogen (secondary N) is 1. The summed E-state index contributed by atoms with van der Waals surface area (Å²) < 4.78 is 16.9. The van der Waals surface area contributed by atoms with Crippen LogP contribution in [0.25, 0.3) is 0 Å². The summed E-state index contributed by atoms with van der Waals surface area (Å²) in [6, 6.07) is 3.71. The van der Waals surface area contributed by atoms with Gasteiger partial charge >= 0.3 is 0 Å². The fourth-order valence-corrected chi connectivity index (χ4v) is 2.53. The molecular weight excluding hydrogens is 367 g/mol. The van der Waals surface area contributed by atoms with Gasteiger partial charge < -0.3 is 24.4 Å². The van der Waals surface area contributed by atoms with Gasteiger partial charge in [0, 0.05) is 25.2 Å². The highest BCUT2D eigenvalue weighted by molar-refractivity contribution is 6.32. The number of ether oxygens (including phenoxy) is 3. The fourth-order valence-electron chi connectivity index (χ4n) is 2.48. The van der Waals surface area contributed by atoms with Crippen LogP contribution in [0, 0.1) is 0 Å². The van der Waals surface area contributed by atoms with Crippen molar-refractivity contribution in [1.29, 1.82) is 0 Å². The van der Waals surface area contributed by atoms with Crippen LogP contribution in [0.2, 0.25) is 0 Å². The summed E-state index contributed by atoms with van der Waals surface area (Å²) >= 11 is 5.86. The van der Waals surface area contributed by atoms with Gasteiger partial charge in [0.05, 0.1) is 37.8 Å². The number of amides is 1. The molecule has 1 aliphatic heterocycles. The Morgan fingerprint density at radius 2 is 1.84 bits per heavy atom. The molecule has 0 bridgehead atoms. The van der Waals surface area contributed by atoms with Gasteiger partial charge in [0.1, 0.15) is 16.9 Å². The molecule has 1 atom stereocenters. The Morgan fingerprint density at radius 1 is 1.24 bits per heavy atom. The number of carbonyl (C=O) groups excluding carboxylic acids is 1. The van der Waals surface area contributed by atoms with Gasteiger partial charge in [0.25, 0.3) is 0 Å². The standard InChI is InChI=1S/C17H25ClN2O4.ClH/c1-4-23-15-11-14(20-6-8-22-9-7-20)16(24-5-2)10-13(15)19-17(21)12(3)18;/h10-12H,4-9H2,1-3H3,(H,19,21);1H. The zero-order chi connectivity index (χ0) is 17.5. The highest BCUT2D eigenvalue weighted by Gasteiger charge is 2.21. The molecule has 0 spiro atoms. The van der Waals surface area contributed by atoms with E-state index in [0.717, 1.165) is 18.8 Å². The molecule has 1 N–H and O–H groups in total. The Bertz CT molecular complexity index is 564. The van der Waals surface area contributed by atoms with Crippen molar-refractivity contribution in [3.05, 3.63) is 12.1 Å². The lowest BCUT2D eigenvalue weighted by atomic mass is 10.2. The maximum Gasteiger partial charge on any atom is 0.242 e. The average molecular weight is 393 g/mol. The number of carbonyl (C=O) groups is 1. The minimum absolute atomic E-state index is 0. The Hall–Kier alpha value is -1.37. The predicted octanol–water partition coefficient (Wildman–Crippen LogP) is 3.31. The Kier molecular flexibility index (Phi) is 9.17. The first-order valence-electron chi connectivity index (χ1n) is 8.28. The third kappa shape index (κ3) is 5.83. The molecule has 0 radical (unpaired) electrons. The number of benzene rings is 1. The van der Waals surface area contributed by atoms with Crippen LogP contribution in [-0.4, -0.2) is 50.8 Å². The maximum atomic E-state index is 12.0. The van der Waals surface area contributed by atoms with Gasteiger partial charge in [-0.15, -0.1) is 24.0 Å². The van der Waals surface area contributed by atoms with Crippen molar-refractivity contribution >= 4 is 41.3 Å². The first-order valence-corrected chi connectivity index (χ1v) is 8.71. The van der Waals surface area contributed by atoms with E-state index in [-0.39, 0.29) is 18.3 Å². The van der Waals surface area contributed by atoms with Gasteiger partial charge in [0.2, 0.25) is 5.91 Å². The normalized spacial score (nSPS) is 15.1. The molecule has 1 aliphatic rings. The van der Waals surface area contributed by atoms with Crippen molar-refractivity contribution in [2.75, 3.05) is 49.7 Å². The van der Waals surface area contributed by atoms with Crippen molar-refractivity contribution < 1.29 is 19.0 Å². The number of morpholine rings is 1. The van der Waals surface area contributed by atoms with Gasteiger partial charge in [0.15, 0.2) is 0 Å². The second kappa shape index (κ2) is 10.6. The molecule has 0 saturated carbocycles. The van der Waals surface area contributed by atoms with Gasteiger partial charge in [-0.25, -0.2) is 0 Å². The van der Waals surface area contributed by atoms with E-state index < -0.39 is 5.38 Å². The van der Waals surface area contributed by atoms with Gasteiger partial charge in [-0.05, 0) is 20.8 Å². The number of halogens is 2. The highest BCUT2D eigenvalue weighted by Crippen LogP contribution is 2.39. The lowest BCUT2D eigenvalue weighted by Crippen LogP contribution is -2.36. The van der Waals surface area contributed by atoms with Crippen LogP contribution >= 0.6 is 24.0 Å². The fraction of sp³-hybridized carbons (Fsp3) is 0.588. The molecule has 142 valence electrons. The topological polar surface area (TPSA) is 60.0 Å². The van der Waals surface area contributed by atoms with E-state index in [1.54, 1.807) is 13.0 Å². The zero-order valence-corrected chi connectivity index (χ0v) is 16.4. The predicted molar refractivity (Wildman–Crippen MR) is 103 cm³/mol. The molecule has 1 aromatic carbocycles. The molecule has 1 aromatic rings. The average Bonchev–Trinajstić information content (AvgIpc) is 2.58. The van der Waals surface area contributed by atoms with Crippen molar-refractivity contribution in [3.8, 4) is 11.5 Å². The quantitative estimate of drug-likeness (QED) is 0.721. The highest BCUT2D eigenvalue weighted by atomic mass is 35.5. The molecule has 1 saturated heterocycles. The third-order valence-electron chi connectivity index (χ3n) is 3.63. The summed E-state index contributed by atoms with van der Waals surface area (Å²) in [5.74, 6) is 1.03. The molecule has 0 aliphatic carbocycles. The van der Waals surface area contributed by atoms with Crippen LogP contribution in [0.1, 0.15) is 20.8 Å². The van der Waals surface area contributed by atoms with Crippen LogP contribution in [0.15, 0.2) is 12.1 Å². The summed E-state index contributed by atoms with van der Waals surface area (Å²) in [7, 11) is 0. The van der Waals surface area contributed by atoms with Crippen LogP contribution in [0.4, 0.5) is 11.4 Å².